The molecule has 1 amide bonds. The van der Waals surface area contributed by atoms with Crippen molar-refractivity contribution in [2.75, 3.05) is 19.7 Å². The number of hydrogen-bond donors (Lipinski definition) is 0. The largest absolute Gasteiger partial charge is 1.00 e. The molecule has 3 atom stereocenters. The molecular weight excluding hydrogens is 325 g/mol. The summed E-state index contributed by atoms with van der Waals surface area (Å²) < 4.78 is 50.4. The van der Waals surface area contributed by atoms with Gasteiger partial charge in [-0.1, -0.05) is 0 Å². The Morgan fingerprint density at radius 1 is 1.27 bits per heavy atom. The van der Waals surface area contributed by atoms with Gasteiger partial charge in [-0.3, -0.25) is 0 Å². The summed E-state index contributed by atoms with van der Waals surface area (Å²) in [5, 5.41) is 0. The van der Waals surface area contributed by atoms with Crippen LogP contribution in [0.3, 0.4) is 0 Å². The zero-order valence-electron chi connectivity index (χ0n) is 13.7. The summed E-state index contributed by atoms with van der Waals surface area (Å²) in [4.78, 5) is 13.2. The summed E-state index contributed by atoms with van der Waals surface area (Å²) in [6.07, 6.45) is 0.347. The molecule has 2 rings (SSSR count). The number of hydrogen-bond acceptors (Lipinski definition) is 3. The zero-order chi connectivity index (χ0) is 15.8. The number of rotatable bonds is 2. The molecule has 2 aliphatic rings. The minimum atomic E-state index is -5.00. The van der Waals surface area contributed by atoms with Crippen LogP contribution in [0, 0.1) is 5.92 Å². The second-order valence-corrected chi connectivity index (χ2v) is 6.89. The number of carbonyl (C=O) groups excluding carboxylic acids is 1. The fourth-order valence-corrected chi connectivity index (χ4v) is 3.06. The van der Waals surface area contributed by atoms with Crippen LogP contribution in [0.5, 0.6) is 0 Å². The number of amides is 1. The fourth-order valence-electron chi connectivity index (χ4n) is 3.06. The van der Waals surface area contributed by atoms with E-state index in [9.17, 15) is 17.7 Å². The van der Waals surface area contributed by atoms with Gasteiger partial charge in [0.15, 0.2) is 0 Å². The molecule has 2 heterocycles. The molecule has 3 unspecified atom stereocenters. The maximum atomic E-state index is 13.3. The molecule has 0 saturated carbocycles. The number of carbonyl (C=O) groups is 1. The Morgan fingerprint density at radius 2 is 1.91 bits per heavy atom. The van der Waals surface area contributed by atoms with Gasteiger partial charge in [-0.15, -0.1) is 0 Å². The van der Waals surface area contributed by atoms with E-state index in [0.29, 0.717) is 13.0 Å². The Balaban J connectivity index is 0.00000242. The molecule has 0 aromatic heterocycles. The topological polar surface area (TPSA) is 38.8 Å². The Kier molecular flexibility index (Phi) is 7.30. The summed E-state index contributed by atoms with van der Waals surface area (Å²) >= 11 is 0. The Labute approximate surface area is 171 Å². The number of halogens is 3. The number of likely N-dealkylation sites (tertiary alicyclic amines) is 1. The van der Waals surface area contributed by atoms with E-state index >= 15 is 0 Å². The molecule has 0 spiro atoms. The van der Waals surface area contributed by atoms with Gasteiger partial charge in [0.2, 0.25) is 0 Å². The molecule has 9 heteroatoms. The van der Waals surface area contributed by atoms with Crippen molar-refractivity contribution in [3.63, 3.8) is 0 Å². The van der Waals surface area contributed by atoms with Gasteiger partial charge in [0.1, 0.15) is 5.60 Å². The van der Waals surface area contributed by atoms with E-state index < -0.39 is 36.5 Å². The van der Waals surface area contributed by atoms with Crippen molar-refractivity contribution < 1.29 is 78.6 Å². The van der Waals surface area contributed by atoms with Crippen LogP contribution >= 0.6 is 0 Å². The second kappa shape index (κ2) is 7.74. The van der Waals surface area contributed by atoms with Crippen LogP contribution < -0.4 is 51.4 Å². The molecule has 0 radical (unpaired) electrons. The number of nitrogens with zero attached hydrogens (tertiary/aromatic N) is 1. The van der Waals surface area contributed by atoms with Gasteiger partial charge in [-0.05, 0) is 45.3 Å². The predicted octanol–water partition coefficient (Wildman–Crippen LogP) is 0.254. The quantitative estimate of drug-likeness (QED) is 0.673. The molecule has 4 nitrogen and oxygen atoms in total. The van der Waals surface area contributed by atoms with Crippen LogP contribution in [0.15, 0.2) is 0 Å². The molecule has 122 valence electrons. The third kappa shape index (κ3) is 5.38. The first-order valence-electron chi connectivity index (χ1n) is 7.37. The Bertz CT molecular complexity index is 397. The molecule has 0 aliphatic carbocycles. The number of ether oxygens (including phenoxy) is 2. The third-order valence-corrected chi connectivity index (χ3v) is 3.99. The van der Waals surface area contributed by atoms with E-state index in [0.717, 1.165) is 6.42 Å². The molecular formula is C13H22BF3KNO3. The first-order valence-corrected chi connectivity index (χ1v) is 7.37. The summed E-state index contributed by atoms with van der Waals surface area (Å²) in [6, 6.07) is 0. The second-order valence-electron chi connectivity index (χ2n) is 6.89. The van der Waals surface area contributed by atoms with Gasteiger partial charge < -0.3 is 27.3 Å². The first kappa shape index (κ1) is 20.8. The van der Waals surface area contributed by atoms with Crippen molar-refractivity contribution in [2.24, 2.45) is 5.92 Å². The standard InChI is InChI=1S/C13H22BF3NO3.K/c1-13(2,3)21-12(19)18-7-9(11-5-4-6-20-11)10(8-18)14(15,16)17;/h9-11H,4-8H2,1-3H3;/q-1;+1. The molecule has 0 bridgehead atoms. The van der Waals surface area contributed by atoms with E-state index in [4.69, 9.17) is 9.47 Å². The average molecular weight is 347 g/mol. The van der Waals surface area contributed by atoms with E-state index in [1.165, 1.54) is 4.90 Å². The van der Waals surface area contributed by atoms with Crippen molar-refractivity contribution in [3.05, 3.63) is 0 Å². The van der Waals surface area contributed by atoms with E-state index in [1.54, 1.807) is 20.8 Å². The third-order valence-electron chi connectivity index (χ3n) is 3.99. The molecule has 2 saturated heterocycles. The summed E-state index contributed by atoms with van der Waals surface area (Å²) in [5.74, 6) is -2.14. The van der Waals surface area contributed by atoms with Gasteiger partial charge in [-0.25, -0.2) is 4.79 Å². The van der Waals surface area contributed by atoms with Gasteiger partial charge in [-0.2, -0.15) is 0 Å². The molecule has 2 fully saturated rings. The van der Waals surface area contributed by atoms with Crippen molar-refractivity contribution >= 4 is 13.1 Å². The maximum absolute atomic E-state index is 13.3. The minimum absolute atomic E-state index is 0. The van der Waals surface area contributed by atoms with Gasteiger partial charge in [0.05, 0.1) is 6.10 Å². The SMILES string of the molecule is CC(C)(C)OC(=O)N1CC(C2CCCO2)C([B-](F)(F)F)C1.[K+]. The normalized spacial score (nSPS) is 29.4. The Hall–Kier alpha value is 0.721. The first-order chi connectivity index (χ1) is 9.58. The molecule has 0 aromatic carbocycles. The van der Waals surface area contributed by atoms with Crippen LogP contribution in [0.2, 0.25) is 5.82 Å². The zero-order valence-corrected chi connectivity index (χ0v) is 16.8. The Morgan fingerprint density at radius 3 is 2.36 bits per heavy atom. The monoisotopic (exact) mass is 347 g/mol. The summed E-state index contributed by atoms with van der Waals surface area (Å²) in [5.41, 5.74) is -0.710. The summed E-state index contributed by atoms with van der Waals surface area (Å²) in [6.45, 7) is 0.341. The fraction of sp³-hybridized carbons (Fsp3) is 0.923. The van der Waals surface area contributed by atoms with E-state index in [2.05, 4.69) is 0 Å². The van der Waals surface area contributed by atoms with Crippen LogP contribution in [0.25, 0.3) is 0 Å². The van der Waals surface area contributed by atoms with Crippen LogP contribution in [-0.2, 0) is 9.47 Å². The van der Waals surface area contributed by atoms with Crippen LogP contribution in [0.4, 0.5) is 17.7 Å². The molecule has 0 aromatic rings. The van der Waals surface area contributed by atoms with Gasteiger partial charge in [0, 0.05) is 19.7 Å². The predicted molar refractivity (Wildman–Crippen MR) is 73.1 cm³/mol. The molecule has 0 N–H and O–H groups in total. The average Bonchev–Trinajstić information content (AvgIpc) is 2.94. The van der Waals surface area contributed by atoms with Crippen molar-refractivity contribution in [1.29, 1.82) is 0 Å². The molecule has 2 aliphatic heterocycles. The molecule has 22 heavy (non-hydrogen) atoms. The van der Waals surface area contributed by atoms with Crippen molar-refractivity contribution in [1.82, 2.24) is 4.90 Å². The maximum Gasteiger partial charge on any atom is 1.00 e. The van der Waals surface area contributed by atoms with Crippen molar-refractivity contribution in [2.45, 2.75) is 51.1 Å². The van der Waals surface area contributed by atoms with Gasteiger partial charge >= 0.3 is 64.5 Å². The summed E-state index contributed by atoms with van der Waals surface area (Å²) in [7, 11) is 0. The van der Waals surface area contributed by atoms with Gasteiger partial charge in [0.25, 0.3) is 0 Å². The van der Waals surface area contributed by atoms with Crippen molar-refractivity contribution in [3.8, 4) is 0 Å². The minimum Gasteiger partial charge on any atom is -0.449 e. The van der Waals surface area contributed by atoms with E-state index in [-0.39, 0.29) is 64.5 Å². The van der Waals surface area contributed by atoms with E-state index in [1.807, 2.05) is 0 Å². The van der Waals surface area contributed by atoms with Crippen LogP contribution in [-0.4, -0.2) is 49.4 Å². The van der Waals surface area contributed by atoms with Crippen LogP contribution in [0.1, 0.15) is 33.6 Å². The smallest absolute Gasteiger partial charge is 0.449 e.